The van der Waals surface area contributed by atoms with Gasteiger partial charge in [0, 0.05) is 37.8 Å². The zero-order valence-electron chi connectivity index (χ0n) is 17.4. The van der Waals surface area contributed by atoms with E-state index in [0.29, 0.717) is 55.7 Å². The summed E-state index contributed by atoms with van der Waals surface area (Å²) in [4.78, 5) is 8.01. The van der Waals surface area contributed by atoms with Crippen LogP contribution in [0.2, 0.25) is 0 Å². The molecule has 0 amide bonds. The highest BCUT2D eigenvalue weighted by Crippen LogP contribution is 2.39. The Balaban J connectivity index is 2.20. The molecule has 2 rings (SSSR count). The molecule has 29 heavy (non-hydrogen) atoms. The molecule has 0 radical (unpaired) electrons. The number of rotatable bonds is 12. The van der Waals surface area contributed by atoms with E-state index >= 15 is 0 Å². The van der Waals surface area contributed by atoms with Gasteiger partial charge in [-0.2, -0.15) is 4.98 Å². The van der Waals surface area contributed by atoms with Crippen molar-refractivity contribution in [2.45, 2.75) is 33.0 Å². The maximum absolute atomic E-state index is 5.97. The van der Waals surface area contributed by atoms with Crippen LogP contribution >= 0.6 is 0 Å². The predicted molar refractivity (Wildman–Crippen MR) is 110 cm³/mol. The minimum Gasteiger partial charge on any atom is -0.493 e. The molecular weight excluding hydrogens is 376 g/mol. The first-order valence-electron chi connectivity index (χ1n) is 9.50. The first-order chi connectivity index (χ1) is 14.0. The quantitative estimate of drug-likeness (QED) is 0.511. The maximum Gasteiger partial charge on any atom is 0.221 e. The fraction of sp³-hybridized carbons (Fsp3) is 0.500. The highest BCUT2D eigenvalue weighted by Gasteiger charge is 2.16. The lowest BCUT2D eigenvalue weighted by molar-refractivity contribution is -0.142. The van der Waals surface area contributed by atoms with Crippen LogP contribution in [0.4, 0.5) is 11.8 Å². The molecule has 0 aliphatic rings. The van der Waals surface area contributed by atoms with Crippen molar-refractivity contribution in [1.82, 2.24) is 9.97 Å². The first kappa shape index (κ1) is 22.5. The molecule has 0 unspecified atom stereocenters. The van der Waals surface area contributed by atoms with Crippen molar-refractivity contribution < 1.29 is 23.7 Å². The molecule has 0 aliphatic heterocycles. The summed E-state index contributed by atoms with van der Waals surface area (Å²) in [5, 5.41) is 0. The van der Waals surface area contributed by atoms with Gasteiger partial charge in [0.2, 0.25) is 11.7 Å². The summed E-state index contributed by atoms with van der Waals surface area (Å²) in [6.45, 7) is 5.39. The van der Waals surface area contributed by atoms with Crippen molar-refractivity contribution in [2.24, 2.45) is 0 Å². The third-order valence-corrected chi connectivity index (χ3v) is 4.13. The summed E-state index contributed by atoms with van der Waals surface area (Å²) < 4.78 is 28.0. The van der Waals surface area contributed by atoms with Crippen LogP contribution in [0.25, 0.3) is 0 Å². The third-order valence-electron chi connectivity index (χ3n) is 4.13. The summed E-state index contributed by atoms with van der Waals surface area (Å²) >= 11 is 0. The summed E-state index contributed by atoms with van der Waals surface area (Å²) in [6, 6.07) is 3.75. The van der Waals surface area contributed by atoms with E-state index in [-0.39, 0.29) is 12.2 Å². The molecule has 0 bridgehead atoms. The van der Waals surface area contributed by atoms with Gasteiger partial charge in [-0.25, -0.2) is 4.98 Å². The normalized spacial score (nSPS) is 10.9. The highest BCUT2D eigenvalue weighted by atomic mass is 16.7. The van der Waals surface area contributed by atoms with Crippen molar-refractivity contribution in [3.05, 3.63) is 29.5 Å². The van der Waals surface area contributed by atoms with Gasteiger partial charge >= 0.3 is 0 Å². The number of nitrogens with zero attached hydrogens (tertiary/aromatic N) is 2. The number of hydrogen-bond donors (Lipinski definition) is 2. The minimum absolute atomic E-state index is 0.140. The Morgan fingerprint density at radius 3 is 2.28 bits per heavy atom. The van der Waals surface area contributed by atoms with E-state index in [1.165, 1.54) is 0 Å². The fourth-order valence-corrected chi connectivity index (χ4v) is 2.84. The number of aromatic nitrogens is 2. The Kier molecular flexibility index (Phi) is 8.75. The van der Waals surface area contributed by atoms with Crippen LogP contribution in [0.15, 0.2) is 18.3 Å². The van der Waals surface area contributed by atoms with Crippen LogP contribution in [0, 0.1) is 0 Å². The van der Waals surface area contributed by atoms with Gasteiger partial charge in [-0.3, -0.25) is 0 Å². The molecule has 0 spiro atoms. The second-order valence-electron chi connectivity index (χ2n) is 6.12. The van der Waals surface area contributed by atoms with Gasteiger partial charge < -0.3 is 35.2 Å². The van der Waals surface area contributed by atoms with E-state index < -0.39 is 0 Å². The number of ether oxygens (including phenoxy) is 5. The van der Waals surface area contributed by atoms with Crippen molar-refractivity contribution in [3.8, 4) is 17.2 Å². The largest absolute Gasteiger partial charge is 0.493 e. The van der Waals surface area contributed by atoms with E-state index in [1.54, 1.807) is 20.4 Å². The lowest BCUT2D eigenvalue weighted by atomic mass is 10.1. The van der Waals surface area contributed by atoms with E-state index in [9.17, 15) is 0 Å². The minimum atomic E-state index is -0.312. The van der Waals surface area contributed by atoms with Crippen LogP contribution in [-0.2, 0) is 15.9 Å². The monoisotopic (exact) mass is 406 g/mol. The molecule has 0 saturated carbocycles. The molecule has 4 N–H and O–H groups in total. The SMILES string of the molecule is CCOC(CCOc1cc(Cc2cnc(N)nc2N)cc(OC)c1OC)OCC. The van der Waals surface area contributed by atoms with E-state index in [4.69, 9.17) is 35.2 Å². The Morgan fingerprint density at radius 1 is 1.00 bits per heavy atom. The molecule has 160 valence electrons. The Hall–Kier alpha value is -2.78. The van der Waals surface area contributed by atoms with Crippen molar-refractivity contribution in [3.63, 3.8) is 0 Å². The molecule has 2 aromatic rings. The zero-order valence-corrected chi connectivity index (χ0v) is 17.4. The van der Waals surface area contributed by atoms with E-state index in [0.717, 1.165) is 11.1 Å². The van der Waals surface area contributed by atoms with Crippen LogP contribution in [-0.4, -0.2) is 50.3 Å². The second kappa shape index (κ2) is 11.3. The molecule has 9 heteroatoms. The smallest absolute Gasteiger partial charge is 0.221 e. The Bertz CT molecular complexity index is 782. The third kappa shape index (κ3) is 6.37. The highest BCUT2D eigenvalue weighted by molar-refractivity contribution is 5.55. The van der Waals surface area contributed by atoms with Crippen molar-refractivity contribution >= 4 is 11.8 Å². The fourth-order valence-electron chi connectivity index (χ4n) is 2.84. The summed E-state index contributed by atoms with van der Waals surface area (Å²) in [5.41, 5.74) is 13.2. The summed E-state index contributed by atoms with van der Waals surface area (Å²) in [5.74, 6) is 2.11. The number of methoxy groups -OCH3 is 2. The zero-order chi connectivity index (χ0) is 21.2. The van der Waals surface area contributed by atoms with Crippen molar-refractivity contribution in [2.75, 3.05) is 45.5 Å². The lowest BCUT2D eigenvalue weighted by Crippen LogP contribution is -2.20. The van der Waals surface area contributed by atoms with Gasteiger partial charge in [-0.05, 0) is 31.5 Å². The average Bonchev–Trinajstić information content (AvgIpc) is 2.70. The van der Waals surface area contributed by atoms with Gasteiger partial charge in [0.1, 0.15) is 5.82 Å². The van der Waals surface area contributed by atoms with Gasteiger partial charge in [-0.15, -0.1) is 0 Å². The Labute approximate surface area is 171 Å². The molecule has 1 aromatic carbocycles. The van der Waals surface area contributed by atoms with Crippen LogP contribution in [0.1, 0.15) is 31.4 Å². The number of hydrogen-bond acceptors (Lipinski definition) is 9. The Morgan fingerprint density at radius 2 is 1.69 bits per heavy atom. The average molecular weight is 406 g/mol. The molecule has 1 aromatic heterocycles. The predicted octanol–water partition coefficient (Wildman–Crippen LogP) is 2.42. The molecule has 0 fully saturated rings. The van der Waals surface area contributed by atoms with Gasteiger partial charge in [0.05, 0.1) is 20.8 Å². The summed E-state index contributed by atoms with van der Waals surface area (Å²) in [6.07, 6.45) is 2.37. The van der Waals surface area contributed by atoms with E-state index in [2.05, 4.69) is 9.97 Å². The van der Waals surface area contributed by atoms with Gasteiger partial charge in [0.25, 0.3) is 0 Å². The van der Waals surface area contributed by atoms with Crippen LogP contribution in [0.5, 0.6) is 17.2 Å². The molecule has 0 atom stereocenters. The summed E-state index contributed by atoms with van der Waals surface area (Å²) in [7, 11) is 3.14. The van der Waals surface area contributed by atoms with E-state index in [1.807, 2.05) is 26.0 Å². The van der Waals surface area contributed by atoms with Gasteiger partial charge in [-0.1, -0.05) is 0 Å². The maximum atomic E-state index is 5.97. The molecule has 0 saturated heterocycles. The topological polar surface area (TPSA) is 124 Å². The second-order valence-corrected chi connectivity index (χ2v) is 6.12. The number of nitrogens with two attached hydrogens (primary N) is 2. The van der Waals surface area contributed by atoms with Crippen molar-refractivity contribution in [1.29, 1.82) is 0 Å². The first-order valence-corrected chi connectivity index (χ1v) is 9.50. The lowest BCUT2D eigenvalue weighted by Gasteiger charge is -2.19. The number of nitrogen functional groups attached to an aromatic ring is 2. The number of benzene rings is 1. The molecular formula is C20H30N4O5. The van der Waals surface area contributed by atoms with Gasteiger partial charge in [0.15, 0.2) is 17.8 Å². The van der Waals surface area contributed by atoms with Crippen LogP contribution in [0.3, 0.4) is 0 Å². The molecule has 9 nitrogen and oxygen atoms in total. The number of anilines is 2. The molecule has 1 heterocycles. The standard InChI is InChI=1S/C20H30N4O5/c1-5-27-17(28-6-2)7-8-29-16-11-13(10-15(25-3)18(16)26-4)9-14-12-23-20(22)24-19(14)21/h10-12,17H,5-9H2,1-4H3,(H4,21,22,23,24). The molecule has 0 aliphatic carbocycles. The van der Waals surface area contributed by atoms with Crippen LogP contribution < -0.4 is 25.7 Å².